The number of esters is 4. The van der Waals surface area contributed by atoms with Gasteiger partial charge in [0.05, 0.1) is 40.5 Å². The number of hydrogen-bond donors (Lipinski definition) is 6. The Bertz CT molecular complexity index is 3840. The predicted molar refractivity (Wildman–Crippen MR) is 327 cm³/mol. The van der Waals surface area contributed by atoms with E-state index in [1.807, 2.05) is 91.1 Å². The van der Waals surface area contributed by atoms with E-state index in [0.29, 0.717) is 43.4 Å². The number of para-hydroxylation sites is 3. The Balaban J connectivity index is 0.000000153. The van der Waals surface area contributed by atoms with Crippen molar-refractivity contribution in [3.8, 4) is 34.5 Å². The molecular weight excluding hydrogens is 1220 g/mol. The van der Waals surface area contributed by atoms with Gasteiger partial charge in [0.2, 0.25) is 20.4 Å². The summed E-state index contributed by atoms with van der Waals surface area (Å²) < 4.78 is 82.8. The molecule has 26 heteroatoms. The average Bonchev–Trinajstić information content (AvgIpc) is 1.65. The summed E-state index contributed by atoms with van der Waals surface area (Å²) in [5.74, 6) is 1.22. The van der Waals surface area contributed by atoms with Crippen molar-refractivity contribution in [2.45, 2.75) is 63.1 Å². The van der Waals surface area contributed by atoms with Gasteiger partial charge in [-0.1, -0.05) is 74.2 Å². The Labute approximate surface area is 522 Å². The van der Waals surface area contributed by atoms with Crippen LogP contribution in [-0.2, 0) is 57.4 Å². The SMILES string of the molecule is C.COC(=O)C(F)(F)F.COC(=O)[C@@H](N)Cc1c[nH]c2ccccc12.COC(=O)[C@@H]1Cc2c([nH]c3ccccc23)[C@@H](c2ccc3c(c2)OCO3)N1.COC(=O)[C@@H]1Cc2c([nH]c3ccccc23)[C@H](c2ccc3c(c2)OCO3)N1.ClCl.O=Cc1ccc2c(c1)OCO2. The third-order valence-electron chi connectivity index (χ3n) is 14.8. The lowest BCUT2D eigenvalue weighted by Crippen LogP contribution is -2.45. The number of methoxy groups -OCH3 is 4. The first-order chi connectivity index (χ1) is 43.1. The minimum Gasteiger partial charge on any atom is -0.468 e. The highest BCUT2D eigenvalue weighted by atomic mass is 36.5. The third-order valence-corrected chi connectivity index (χ3v) is 14.8. The summed E-state index contributed by atoms with van der Waals surface area (Å²) >= 11 is 0. The van der Waals surface area contributed by atoms with E-state index in [1.165, 1.54) is 21.3 Å². The average molecular weight is 1280 g/mol. The van der Waals surface area contributed by atoms with E-state index >= 15 is 0 Å². The molecule has 5 atom stereocenters. The van der Waals surface area contributed by atoms with Crippen LogP contribution in [-0.4, -0.2) is 118 Å². The molecule has 0 amide bonds. The van der Waals surface area contributed by atoms with Crippen molar-refractivity contribution in [2.24, 2.45) is 5.73 Å². The second-order valence-electron chi connectivity index (χ2n) is 20.0. The van der Waals surface area contributed by atoms with Crippen LogP contribution >= 0.6 is 21.7 Å². The summed E-state index contributed by atoms with van der Waals surface area (Å²) in [5.41, 5.74) is 17.0. The van der Waals surface area contributed by atoms with Crippen molar-refractivity contribution in [3.05, 3.63) is 178 Å². The zero-order valence-corrected chi connectivity index (χ0v) is 49.5. The van der Waals surface area contributed by atoms with E-state index in [0.717, 1.165) is 101 Å². The van der Waals surface area contributed by atoms with Crippen LogP contribution in [0.5, 0.6) is 34.5 Å². The number of ether oxygens (including phenoxy) is 10. The highest BCUT2D eigenvalue weighted by molar-refractivity contribution is 6.85. The maximum absolute atomic E-state index is 12.3. The molecule has 14 rings (SSSR count). The zero-order chi connectivity index (χ0) is 63.4. The number of halogens is 5. The van der Waals surface area contributed by atoms with Gasteiger partial charge in [0.15, 0.2) is 34.5 Å². The molecule has 5 aliphatic rings. The van der Waals surface area contributed by atoms with E-state index in [2.05, 4.69) is 81.0 Å². The van der Waals surface area contributed by atoms with Gasteiger partial charge < -0.3 is 68.1 Å². The minimum atomic E-state index is -4.85. The van der Waals surface area contributed by atoms with Crippen molar-refractivity contribution in [3.63, 3.8) is 0 Å². The molecule has 0 saturated carbocycles. The normalized spacial score (nSPS) is 16.9. The number of carbonyl (C=O) groups is 5. The van der Waals surface area contributed by atoms with Gasteiger partial charge in [-0.15, -0.1) is 0 Å². The van der Waals surface area contributed by atoms with Crippen molar-refractivity contribution in [2.75, 3.05) is 48.8 Å². The number of hydrogen-bond acceptors (Lipinski definition) is 18. The lowest BCUT2D eigenvalue weighted by atomic mass is 9.90. The van der Waals surface area contributed by atoms with Crippen LogP contribution in [0.25, 0.3) is 32.7 Å². The van der Waals surface area contributed by atoms with Crippen molar-refractivity contribution in [1.82, 2.24) is 25.6 Å². The van der Waals surface area contributed by atoms with E-state index < -0.39 is 30.3 Å². The number of alkyl halides is 3. The third kappa shape index (κ3) is 15.0. The minimum absolute atomic E-state index is 0. The monoisotopic (exact) mass is 1280 g/mol. The summed E-state index contributed by atoms with van der Waals surface area (Å²) in [6.07, 6.45) is -0.527. The summed E-state index contributed by atoms with van der Waals surface area (Å²) in [4.78, 5) is 65.7. The number of aldehydes is 1. The molecular formula is C64H63Cl2F3N6O15. The second kappa shape index (κ2) is 30.2. The Kier molecular flexibility index (Phi) is 22.3. The van der Waals surface area contributed by atoms with Gasteiger partial charge in [-0.3, -0.25) is 29.8 Å². The molecule has 0 radical (unpaired) electrons. The van der Waals surface area contributed by atoms with Gasteiger partial charge in [-0.25, -0.2) is 4.79 Å². The van der Waals surface area contributed by atoms with Crippen LogP contribution in [0.1, 0.15) is 69.1 Å². The Morgan fingerprint density at radius 1 is 0.578 bits per heavy atom. The van der Waals surface area contributed by atoms with Crippen LogP contribution in [0.4, 0.5) is 13.2 Å². The maximum atomic E-state index is 12.3. The number of H-pyrrole nitrogens is 3. The summed E-state index contributed by atoms with van der Waals surface area (Å²) in [7, 11) is 13.1. The number of aromatic amines is 3. The number of benzene rings is 6. The fourth-order valence-corrected chi connectivity index (χ4v) is 10.6. The zero-order valence-electron chi connectivity index (χ0n) is 48.0. The van der Waals surface area contributed by atoms with E-state index in [9.17, 15) is 37.1 Å². The predicted octanol–water partition coefficient (Wildman–Crippen LogP) is 10.5. The highest BCUT2D eigenvalue weighted by Crippen LogP contribution is 2.42. The smallest absolute Gasteiger partial charge is 0.468 e. The lowest BCUT2D eigenvalue weighted by Gasteiger charge is -2.30. The molecule has 0 unspecified atom stereocenters. The first kappa shape index (κ1) is 66.5. The maximum Gasteiger partial charge on any atom is 0.490 e. The Morgan fingerprint density at radius 3 is 1.42 bits per heavy atom. The summed E-state index contributed by atoms with van der Waals surface area (Å²) in [6.45, 7) is 0.719. The summed E-state index contributed by atoms with van der Waals surface area (Å²) in [5, 5.41) is 10.2. The Hall–Kier alpha value is -9.46. The molecule has 5 aliphatic heterocycles. The number of carbonyl (C=O) groups excluding carboxylic acids is 5. The molecule has 0 aliphatic carbocycles. The largest absolute Gasteiger partial charge is 0.490 e. The fraction of sp³-hybridized carbons (Fsp3) is 0.266. The molecule has 7 N–H and O–H groups in total. The molecule has 0 fully saturated rings. The first-order valence-electron chi connectivity index (χ1n) is 27.3. The molecule has 9 aromatic rings. The molecule has 21 nitrogen and oxygen atoms in total. The van der Waals surface area contributed by atoms with E-state index in [4.69, 9.17) is 43.6 Å². The van der Waals surface area contributed by atoms with Crippen molar-refractivity contribution >= 4 is 84.6 Å². The number of nitrogens with two attached hydrogens (primary N) is 1. The lowest BCUT2D eigenvalue weighted by molar-refractivity contribution is -0.196. The van der Waals surface area contributed by atoms with Crippen molar-refractivity contribution < 1.29 is 84.5 Å². The Morgan fingerprint density at radius 2 is 1.00 bits per heavy atom. The highest BCUT2D eigenvalue weighted by Gasteiger charge is 2.40. The van der Waals surface area contributed by atoms with Gasteiger partial charge in [-0.2, -0.15) is 13.2 Å². The second-order valence-corrected chi connectivity index (χ2v) is 20.0. The van der Waals surface area contributed by atoms with Gasteiger partial charge in [0.1, 0.15) is 24.4 Å². The van der Waals surface area contributed by atoms with Crippen LogP contribution in [0, 0.1) is 0 Å². The van der Waals surface area contributed by atoms with Gasteiger partial charge >= 0.3 is 30.1 Å². The topological polar surface area (TPSA) is 275 Å². The summed E-state index contributed by atoms with van der Waals surface area (Å²) in [6, 6.07) is 39.3. The molecule has 0 saturated heterocycles. The van der Waals surface area contributed by atoms with Crippen LogP contribution < -0.4 is 44.8 Å². The standard InChI is InChI=1S/2C20H18N2O4.C12H14N2O2.C8H6O3.C3H3F3O2.CH4.Cl2/c2*1-24-20(23)15-9-13-12-4-2-3-5-14(12)21-19(13)18(22-15)11-6-7-16-17(8-11)26-10-25-16;1-16-12(15)10(13)6-8-7-14-11-5-3-2-4-9(8)11;9-4-6-1-2-7-8(3-6)11-5-10-7;1-8-2(7)3(4,5)6;;1-2/h2*2-8,15,18,21-22H,9-10H2,1H3;2-5,7,10,14H,6,13H2,1H3;1-4H,5H2;1H3;1H4;/t15-,18+;15-,18-;10-;;;;/m000..../s1. The number of fused-ring (bicyclic) bond motifs is 10. The van der Waals surface area contributed by atoms with Crippen molar-refractivity contribution in [1.29, 1.82) is 0 Å². The first-order valence-corrected chi connectivity index (χ1v) is 28.4. The number of nitrogens with one attached hydrogen (secondary N) is 5. The van der Waals surface area contributed by atoms with E-state index in [1.54, 1.807) is 18.2 Å². The quantitative estimate of drug-likeness (QED) is 0.0469. The molecule has 0 bridgehead atoms. The van der Waals surface area contributed by atoms with Gasteiger partial charge in [-0.05, 0) is 88.5 Å². The molecule has 8 heterocycles. The molecule has 6 aromatic carbocycles. The molecule has 0 spiro atoms. The van der Waals surface area contributed by atoms with Crippen LogP contribution in [0.3, 0.4) is 0 Å². The van der Waals surface area contributed by atoms with Crippen LogP contribution in [0.2, 0.25) is 0 Å². The number of rotatable bonds is 8. The van der Waals surface area contributed by atoms with E-state index in [-0.39, 0.29) is 57.8 Å². The number of aromatic nitrogens is 3. The van der Waals surface area contributed by atoms with Gasteiger partial charge in [0.25, 0.3) is 0 Å². The molecule has 3 aromatic heterocycles. The van der Waals surface area contributed by atoms with Gasteiger partial charge in [0, 0.05) is 96.8 Å². The molecule has 474 valence electrons. The molecule has 90 heavy (non-hydrogen) atoms. The van der Waals surface area contributed by atoms with Crippen LogP contribution in [0.15, 0.2) is 134 Å². The fourth-order valence-electron chi connectivity index (χ4n) is 10.6.